The lowest BCUT2D eigenvalue weighted by Gasteiger charge is -2.19. The molecule has 1 aromatic carbocycles. The van der Waals surface area contributed by atoms with Gasteiger partial charge in [0, 0.05) is 32.0 Å². The van der Waals surface area contributed by atoms with Crippen LogP contribution >= 0.6 is 0 Å². The van der Waals surface area contributed by atoms with Crippen LogP contribution in [0.3, 0.4) is 0 Å². The fraction of sp³-hybridized carbons (Fsp3) is 0.389. The third-order valence-electron chi connectivity index (χ3n) is 4.68. The second kappa shape index (κ2) is 7.91. The molecule has 1 saturated heterocycles. The Bertz CT molecular complexity index is 839. The van der Waals surface area contributed by atoms with Gasteiger partial charge < -0.3 is 15.3 Å². The van der Waals surface area contributed by atoms with Crippen LogP contribution in [0.15, 0.2) is 42.7 Å². The van der Waals surface area contributed by atoms with E-state index < -0.39 is 43.1 Å². The first kappa shape index (κ1) is 19.7. The first-order valence-corrected chi connectivity index (χ1v) is 8.61. The molecule has 2 aromatic rings. The molecule has 2 amide bonds. The van der Waals surface area contributed by atoms with Gasteiger partial charge >= 0.3 is 18.2 Å². The molecule has 1 aliphatic rings. The Labute approximate surface area is 158 Å². The third-order valence-corrected chi connectivity index (χ3v) is 4.68. The van der Waals surface area contributed by atoms with Gasteiger partial charge in [-0.15, -0.1) is 0 Å². The average Bonchev–Trinajstić information content (AvgIpc) is 3.29. The number of amides is 2. The molecule has 3 rings (SSSR count). The molecule has 2 atom stereocenters. The highest BCUT2D eigenvalue weighted by molar-refractivity contribution is 5.77. The molecule has 10 heteroatoms. The Balaban J connectivity index is 1.59. The highest BCUT2D eigenvalue weighted by atomic mass is 19.4. The number of carboxylic acids is 1. The number of aliphatic carboxylic acids is 1. The number of nitrogens with zero attached hydrogens (tertiary/aromatic N) is 3. The van der Waals surface area contributed by atoms with Gasteiger partial charge in [-0.3, -0.25) is 9.48 Å². The summed E-state index contributed by atoms with van der Waals surface area (Å²) in [5.74, 6) is -5.26. The van der Waals surface area contributed by atoms with Gasteiger partial charge in [0.05, 0.1) is 18.4 Å². The van der Waals surface area contributed by atoms with Crippen LogP contribution < -0.4 is 5.32 Å². The molecule has 0 spiro atoms. The van der Waals surface area contributed by atoms with Crippen molar-refractivity contribution in [1.29, 1.82) is 0 Å². The molecule has 2 N–H and O–H groups in total. The van der Waals surface area contributed by atoms with Gasteiger partial charge in [0.1, 0.15) is 0 Å². The molecule has 7 nitrogen and oxygen atoms in total. The Hall–Kier alpha value is -3.04. The van der Waals surface area contributed by atoms with Gasteiger partial charge in [-0.1, -0.05) is 24.3 Å². The van der Waals surface area contributed by atoms with E-state index in [2.05, 4.69) is 10.4 Å². The standard InChI is InChI=1S/C18H19F3N4O3/c19-18(20,21)15-11-24(10-14(15)16(26)27)17(28)22-8-12-3-1-4-13(7-12)9-25-6-2-5-23-25/h1-7,14-15H,8-11H2,(H,22,28)(H,26,27)/t14-,15-/m1/s1. The highest BCUT2D eigenvalue weighted by Crippen LogP contribution is 2.37. The molecule has 2 heterocycles. The molecule has 150 valence electrons. The molecule has 0 radical (unpaired) electrons. The summed E-state index contributed by atoms with van der Waals surface area (Å²) in [5.41, 5.74) is 1.74. The zero-order valence-corrected chi connectivity index (χ0v) is 14.8. The van der Waals surface area contributed by atoms with E-state index in [9.17, 15) is 22.8 Å². The molecule has 0 bridgehead atoms. The van der Waals surface area contributed by atoms with E-state index in [0.717, 1.165) is 16.0 Å². The van der Waals surface area contributed by atoms with Crippen LogP contribution in [0.5, 0.6) is 0 Å². The van der Waals surface area contributed by atoms with Crippen LogP contribution in [-0.2, 0) is 17.9 Å². The van der Waals surface area contributed by atoms with Crippen molar-refractivity contribution in [3.05, 3.63) is 53.9 Å². The van der Waals surface area contributed by atoms with Gasteiger partial charge in [0.15, 0.2) is 0 Å². The number of benzene rings is 1. The lowest BCUT2D eigenvalue weighted by Crippen LogP contribution is -2.39. The molecule has 1 aromatic heterocycles. The van der Waals surface area contributed by atoms with Crippen LogP contribution in [0.1, 0.15) is 11.1 Å². The number of carbonyl (C=O) groups is 2. The minimum atomic E-state index is -4.67. The third kappa shape index (κ3) is 4.62. The number of urea groups is 1. The fourth-order valence-electron chi connectivity index (χ4n) is 3.26. The van der Waals surface area contributed by atoms with Crippen molar-refractivity contribution >= 4 is 12.0 Å². The van der Waals surface area contributed by atoms with Crippen molar-refractivity contribution in [3.8, 4) is 0 Å². The van der Waals surface area contributed by atoms with Crippen molar-refractivity contribution in [3.63, 3.8) is 0 Å². The number of halogens is 3. The fourth-order valence-corrected chi connectivity index (χ4v) is 3.26. The van der Waals surface area contributed by atoms with Gasteiger partial charge in [-0.05, 0) is 17.2 Å². The Kier molecular flexibility index (Phi) is 5.57. The molecular formula is C18H19F3N4O3. The van der Waals surface area contributed by atoms with Crippen LogP contribution in [0.2, 0.25) is 0 Å². The smallest absolute Gasteiger partial charge is 0.394 e. The van der Waals surface area contributed by atoms with E-state index in [1.165, 1.54) is 0 Å². The molecule has 28 heavy (non-hydrogen) atoms. The van der Waals surface area contributed by atoms with E-state index in [1.54, 1.807) is 23.0 Å². The lowest BCUT2D eigenvalue weighted by atomic mass is 9.96. The first-order chi connectivity index (χ1) is 13.2. The van der Waals surface area contributed by atoms with E-state index in [0.29, 0.717) is 6.54 Å². The van der Waals surface area contributed by atoms with Crippen LogP contribution in [0.4, 0.5) is 18.0 Å². The Morgan fingerprint density at radius 3 is 2.57 bits per heavy atom. The molecule has 0 unspecified atom stereocenters. The van der Waals surface area contributed by atoms with Gasteiger partial charge in [-0.2, -0.15) is 18.3 Å². The van der Waals surface area contributed by atoms with Crippen LogP contribution in [0.25, 0.3) is 0 Å². The minimum Gasteiger partial charge on any atom is -0.481 e. The zero-order chi connectivity index (χ0) is 20.3. The maximum Gasteiger partial charge on any atom is 0.394 e. The van der Waals surface area contributed by atoms with E-state index >= 15 is 0 Å². The second-order valence-corrected chi connectivity index (χ2v) is 6.68. The number of likely N-dealkylation sites (tertiary alicyclic amines) is 1. The predicted molar refractivity (Wildman–Crippen MR) is 92.3 cm³/mol. The summed E-state index contributed by atoms with van der Waals surface area (Å²) in [5, 5.41) is 15.7. The van der Waals surface area contributed by atoms with Crippen LogP contribution in [-0.4, -0.2) is 51.1 Å². The summed E-state index contributed by atoms with van der Waals surface area (Å²) in [4.78, 5) is 24.3. The largest absolute Gasteiger partial charge is 0.481 e. The number of hydrogen-bond donors (Lipinski definition) is 2. The van der Waals surface area contributed by atoms with Crippen LogP contribution in [0, 0.1) is 11.8 Å². The Morgan fingerprint density at radius 1 is 1.21 bits per heavy atom. The van der Waals surface area contributed by atoms with E-state index in [4.69, 9.17) is 5.11 Å². The van der Waals surface area contributed by atoms with Crippen molar-refractivity contribution < 1.29 is 27.9 Å². The summed E-state index contributed by atoms with van der Waals surface area (Å²) < 4.78 is 40.8. The van der Waals surface area contributed by atoms with Gasteiger partial charge in [-0.25, -0.2) is 4.79 Å². The number of aromatic nitrogens is 2. The number of nitrogens with one attached hydrogen (secondary N) is 1. The van der Waals surface area contributed by atoms with Crippen molar-refractivity contribution in [2.75, 3.05) is 13.1 Å². The Morgan fingerprint density at radius 2 is 1.96 bits per heavy atom. The molecule has 1 fully saturated rings. The molecule has 0 saturated carbocycles. The topological polar surface area (TPSA) is 87.5 Å². The number of rotatable bonds is 5. The predicted octanol–water partition coefficient (Wildman–Crippen LogP) is 2.34. The quantitative estimate of drug-likeness (QED) is 0.812. The summed E-state index contributed by atoms with van der Waals surface area (Å²) in [6, 6.07) is 8.46. The maximum absolute atomic E-state index is 13.0. The van der Waals surface area contributed by atoms with Crippen molar-refractivity contribution in [2.45, 2.75) is 19.3 Å². The van der Waals surface area contributed by atoms with E-state index in [-0.39, 0.29) is 6.54 Å². The summed E-state index contributed by atoms with van der Waals surface area (Å²) in [7, 11) is 0. The zero-order valence-electron chi connectivity index (χ0n) is 14.8. The number of hydrogen-bond acceptors (Lipinski definition) is 3. The number of carboxylic acid groups (broad SMARTS) is 1. The highest BCUT2D eigenvalue weighted by Gasteiger charge is 2.53. The molecule has 0 aliphatic carbocycles. The number of alkyl halides is 3. The lowest BCUT2D eigenvalue weighted by molar-refractivity contribution is -0.187. The summed E-state index contributed by atoms with van der Waals surface area (Å²) in [6.07, 6.45) is -1.19. The van der Waals surface area contributed by atoms with Crippen molar-refractivity contribution in [1.82, 2.24) is 20.0 Å². The van der Waals surface area contributed by atoms with E-state index in [1.807, 2.05) is 24.4 Å². The normalized spacial score (nSPS) is 19.6. The van der Waals surface area contributed by atoms with Gasteiger partial charge in [0.25, 0.3) is 0 Å². The minimum absolute atomic E-state index is 0.122. The average molecular weight is 396 g/mol. The second-order valence-electron chi connectivity index (χ2n) is 6.68. The first-order valence-electron chi connectivity index (χ1n) is 8.61. The number of carbonyl (C=O) groups excluding carboxylic acids is 1. The molecule has 1 aliphatic heterocycles. The SMILES string of the molecule is O=C(O)[C@@H]1CN(C(=O)NCc2cccc(Cn3cccn3)c2)C[C@H]1C(F)(F)F. The van der Waals surface area contributed by atoms with Gasteiger partial charge in [0.2, 0.25) is 0 Å². The van der Waals surface area contributed by atoms with Crippen molar-refractivity contribution in [2.24, 2.45) is 11.8 Å². The summed E-state index contributed by atoms with van der Waals surface area (Å²) in [6.45, 7) is -0.457. The maximum atomic E-state index is 13.0. The monoisotopic (exact) mass is 396 g/mol. The molecular weight excluding hydrogens is 377 g/mol. The summed E-state index contributed by atoms with van der Waals surface area (Å²) >= 11 is 0.